The van der Waals surface area contributed by atoms with Crippen LogP contribution in [0.25, 0.3) is 22.2 Å². The second kappa shape index (κ2) is 9.63. The summed E-state index contributed by atoms with van der Waals surface area (Å²) in [5, 5.41) is 6.49. The highest BCUT2D eigenvalue weighted by Crippen LogP contribution is 2.24. The van der Waals surface area contributed by atoms with Crippen LogP contribution in [0.1, 0.15) is 22.3 Å². The summed E-state index contributed by atoms with van der Waals surface area (Å²) in [6.45, 7) is 0.684. The highest BCUT2D eigenvalue weighted by molar-refractivity contribution is 6.07. The molecule has 4 rings (SSSR count). The lowest BCUT2D eigenvalue weighted by atomic mass is 10.0. The van der Waals surface area contributed by atoms with Crippen LogP contribution in [0.5, 0.6) is 0 Å². The zero-order valence-corrected chi connectivity index (χ0v) is 16.9. The Hall–Kier alpha value is -4.06. The smallest absolute Gasteiger partial charge is 0.252 e. The van der Waals surface area contributed by atoms with Crippen molar-refractivity contribution < 1.29 is 9.59 Å². The molecule has 0 atom stereocenters. The molecule has 0 saturated heterocycles. The maximum atomic E-state index is 12.9. The topological polar surface area (TPSA) is 84.0 Å². The van der Waals surface area contributed by atoms with Crippen molar-refractivity contribution in [1.29, 1.82) is 0 Å². The minimum absolute atomic E-state index is 0.123. The van der Waals surface area contributed by atoms with E-state index in [0.29, 0.717) is 12.1 Å². The van der Waals surface area contributed by atoms with Gasteiger partial charge in [-0.2, -0.15) is 0 Å². The first kappa shape index (κ1) is 20.2. The fourth-order valence-corrected chi connectivity index (χ4v) is 3.29. The molecule has 2 N–H and O–H groups in total. The van der Waals surface area contributed by atoms with Crippen molar-refractivity contribution in [1.82, 2.24) is 20.6 Å². The zero-order chi connectivity index (χ0) is 21.5. The van der Waals surface area contributed by atoms with E-state index >= 15 is 0 Å². The Kier molecular flexibility index (Phi) is 6.28. The summed E-state index contributed by atoms with van der Waals surface area (Å²) >= 11 is 0. The summed E-state index contributed by atoms with van der Waals surface area (Å²) in [7, 11) is 0. The van der Waals surface area contributed by atoms with Crippen LogP contribution in [0.4, 0.5) is 0 Å². The van der Waals surface area contributed by atoms with E-state index in [2.05, 4.69) is 15.6 Å². The Balaban J connectivity index is 1.43. The van der Waals surface area contributed by atoms with Crippen LogP contribution in [-0.2, 0) is 11.3 Å². The van der Waals surface area contributed by atoms with Crippen molar-refractivity contribution >= 4 is 22.7 Å². The van der Waals surface area contributed by atoms with Crippen LogP contribution in [-0.4, -0.2) is 28.3 Å². The second-order valence-electron chi connectivity index (χ2n) is 7.08. The van der Waals surface area contributed by atoms with E-state index in [1.165, 1.54) is 0 Å². The average molecular weight is 410 g/mol. The summed E-state index contributed by atoms with van der Waals surface area (Å²) in [6, 6.07) is 22.8. The third-order valence-electron chi connectivity index (χ3n) is 4.91. The quantitative estimate of drug-likeness (QED) is 0.486. The molecule has 0 saturated carbocycles. The van der Waals surface area contributed by atoms with Gasteiger partial charge in [0.15, 0.2) is 0 Å². The van der Waals surface area contributed by atoms with Gasteiger partial charge in [0.05, 0.1) is 16.8 Å². The minimum atomic E-state index is -0.224. The standard InChI is InChI=1S/C25H22N4O2/c30-24(28-17-18-10-13-26-14-11-18)12-15-27-25(31)21-16-23(19-6-2-1-3-7-19)29-22-9-5-4-8-20(21)22/h1-11,13-14,16H,12,15,17H2,(H,27,31)(H,28,30). The molecule has 31 heavy (non-hydrogen) atoms. The van der Waals surface area contributed by atoms with Crippen LogP contribution < -0.4 is 10.6 Å². The first-order valence-corrected chi connectivity index (χ1v) is 10.1. The van der Waals surface area contributed by atoms with E-state index < -0.39 is 0 Å². The molecule has 2 heterocycles. The lowest BCUT2D eigenvalue weighted by Gasteiger charge is -2.11. The molecule has 0 aliphatic carbocycles. The Morgan fingerprint density at radius 1 is 0.839 bits per heavy atom. The Labute approximate surface area is 180 Å². The normalized spacial score (nSPS) is 10.6. The van der Waals surface area contributed by atoms with E-state index in [9.17, 15) is 9.59 Å². The summed E-state index contributed by atoms with van der Waals surface area (Å²) in [5.41, 5.74) is 3.95. The molecule has 0 radical (unpaired) electrons. The first-order valence-electron chi connectivity index (χ1n) is 10.1. The SMILES string of the molecule is O=C(CCNC(=O)c1cc(-c2ccccc2)nc2ccccc12)NCc1ccncc1. The van der Waals surface area contributed by atoms with Gasteiger partial charge in [-0.15, -0.1) is 0 Å². The zero-order valence-electron chi connectivity index (χ0n) is 16.9. The Bertz CT molecular complexity index is 1190. The molecule has 0 aliphatic rings. The molecular weight excluding hydrogens is 388 g/mol. The van der Waals surface area contributed by atoms with Crippen molar-refractivity contribution in [3.05, 3.63) is 96.3 Å². The lowest BCUT2D eigenvalue weighted by molar-refractivity contribution is -0.121. The number of rotatable bonds is 7. The molecule has 4 aromatic rings. The number of carbonyl (C=O) groups is 2. The molecule has 154 valence electrons. The Morgan fingerprint density at radius 2 is 1.58 bits per heavy atom. The largest absolute Gasteiger partial charge is 0.352 e. The van der Waals surface area contributed by atoms with Gasteiger partial charge in [-0.1, -0.05) is 48.5 Å². The fraction of sp³-hybridized carbons (Fsp3) is 0.120. The van der Waals surface area contributed by atoms with Crippen LogP contribution in [0.2, 0.25) is 0 Å². The Morgan fingerprint density at radius 3 is 2.39 bits per heavy atom. The van der Waals surface area contributed by atoms with Gasteiger partial charge in [0.2, 0.25) is 5.91 Å². The number of nitrogens with zero attached hydrogens (tertiary/aromatic N) is 2. The number of hydrogen-bond donors (Lipinski definition) is 2. The average Bonchev–Trinajstić information content (AvgIpc) is 2.83. The van der Waals surface area contributed by atoms with Crippen LogP contribution in [0.15, 0.2) is 85.2 Å². The van der Waals surface area contributed by atoms with Crippen molar-refractivity contribution in [2.75, 3.05) is 6.54 Å². The monoisotopic (exact) mass is 410 g/mol. The number of hydrogen-bond acceptors (Lipinski definition) is 4. The predicted octanol–water partition coefficient (Wildman–Crippen LogP) is 3.73. The number of fused-ring (bicyclic) bond motifs is 1. The highest BCUT2D eigenvalue weighted by Gasteiger charge is 2.14. The summed E-state index contributed by atoms with van der Waals surface area (Å²) in [4.78, 5) is 33.7. The number of aromatic nitrogens is 2. The lowest BCUT2D eigenvalue weighted by Crippen LogP contribution is -2.30. The van der Waals surface area contributed by atoms with Gasteiger partial charge in [-0.3, -0.25) is 14.6 Å². The maximum Gasteiger partial charge on any atom is 0.252 e. The van der Waals surface area contributed by atoms with E-state index in [0.717, 1.165) is 27.7 Å². The first-order chi connectivity index (χ1) is 15.2. The van der Waals surface area contributed by atoms with Crippen molar-refractivity contribution in [2.45, 2.75) is 13.0 Å². The van der Waals surface area contributed by atoms with Crippen LogP contribution in [0.3, 0.4) is 0 Å². The molecule has 6 nitrogen and oxygen atoms in total. The van der Waals surface area contributed by atoms with E-state index in [1.807, 2.05) is 66.7 Å². The van der Waals surface area contributed by atoms with Gasteiger partial charge in [-0.05, 0) is 29.8 Å². The molecule has 2 aromatic carbocycles. The number of amides is 2. The van der Waals surface area contributed by atoms with Gasteiger partial charge in [0.1, 0.15) is 0 Å². The summed E-state index contributed by atoms with van der Waals surface area (Å²) < 4.78 is 0. The fourth-order valence-electron chi connectivity index (χ4n) is 3.29. The number of nitrogens with one attached hydrogen (secondary N) is 2. The highest BCUT2D eigenvalue weighted by atomic mass is 16.2. The third kappa shape index (κ3) is 5.11. The second-order valence-corrected chi connectivity index (χ2v) is 7.08. The van der Waals surface area contributed by atoms with E-state index in [1.54, 1.807) is 18.5 Å². The van der Waals surface area contributed by atoms with Gasteiger partial charge >= 0.3 is 0 Å². The van der Waals surface area contributed by atoms with Crippen LogP contribution in [0, 0.1) is 0 Å². The molecule has 0 bridgehead atoms. The number of carbonyl (C=O) groups excluding carboxylic acids is 2. The van der Waals surface area contributed by atoms with E-state index in [-0.39, 0.29) is 24.8 Å². The molecule has 0 unspecified atom stereocenters. The molecule has 6 heteroatoms. The van der Waals surface area contributed by atoms with E-state index in [4.69, 9.17) is 4.98 Å². The molecule has 0 fully saturated rings. The molecule has 2 amide bonds. The van der Waals surface area contributed by atoms with Gasteiger partial charge in [-0.25, -0.2) is 4.98 Å². The maximum absolute atomic E-state index is 12.9. The molecule has 2 aromatic heterocycles. The van der Waals surface area contributed by atoms with Crippen molar-refractivity contribution in [2.24, 2.45) is 0 Å². The van der Waals surface area contributed by atoms with Gasteiger partial charge < -0.3 is 10.6 Å². The van der Waals surface area contributed by atoms with Crippen LogP contribution >= 0.6 is 0 Å². The molecule has 0 spiro atoms. The number of pyridine rings is 2. The third-order valence-corrected chi connectivity index (χ3v) is 4.91. The van der Waals surface area contributed by atoms with Crippen molar-refractivity contribution in [3.8, 4) is 11.3 Å². The van der Waals surface area contributed by atoms with Crippen molar-refractivity contribution in [3.63, 3.8) is 0 Å². The summed E-state index contributed by atoms with van der Waals surface area (Å²) in [5.74, 6) is -0.348. The number of para-hydroxylation sites is 1. The summed E-state index contributed by atoms with van der Waals surface area (Å²) in [6.07, 6.45) is 3.57. The molecular formula is C25H22N4O2. The van der Waals surface area contributed by atoms with Gasteiger partial charge in [0, 0.05) is 42.9 Å². The molecule has 0 aliphatic heterocycles. The number of benzene rings is 2. The van der Waals surface area contributed by atoms with Gasteiger partial charge in [0.25, 0.3) is 5.91 Å². The minimum Gasteiger partial charge on any atom is -0.352 e. The predicted molar refractivity (Wildman–Crippen MR) is 120 cm³/mol.